The second-order valence-corrected chi connectivity index (χ2v) is 6.03. The molecule has 1 aliphatic carbocycles. The van der Waals surface area contributed by atoms with Crippen LogP contribution in [0.5, 0.6) is 0 Å². The Labute approximate surface area is 113 Å². The van der Waals surface area contributed by atoms with Crippen molar-refractivity contribution in [2.24, 2.45) is 0 Å². The predicted octanol–water partition coefficient (Wildman–Crippen LogP) is 1.79. The summed E-state index contributed by atoms with van der Waals surface area (Å²) in [5, 5.41) is 6.16. The summed E-state index contributed by atoms with van der Waals surface area (Å²) in [6, 6.07) is 9.97. The third kappa shape index (κ3) is 4.03. The Morgan fingerprint density at radius 2 is 2.06 bits per heavy atom. The average Bonchev–Trinajstić information content (AvgIpc) is 3.18. The molecule has 0 bridgehead atoms. The van der Waals surface area contributed by atoms with Crippen molar-refractivity contribution in [3.05, 3.63) is 35.9 Å². The molecule has 1 fully saturated rings. The molecule has 3 nitrogen and oxygen atoms in total. The molecule has 1 amide bonds. The molecule has 1 aromatic carbocycles. The van der Waals surface area contributed by atoms with Crippen LogP contribution >= 0.6 is 11.8 Å². The first-order valence-corrected chi connectivity index (χ1v) is 7.53. The molecule has 0 heterocycles. The predicted molar refractivity (Wildman–Crippen MR) is 76.6 cm³/mol. The van der Waals surface area contributed by atoms with E-state index in [1.807, 2.05) is 42.1 Å². The van der Waals surface area contributed by atoms with E-state index in [0.717, 1.165) is 12.1 Å². The minimum Gasteiger partial charge on any atom is -0.351 e. The number of carbonyl (C=O) groups is 1. The molecule has 4 heteroatoms. The Hall–Kier alpha value is -1.00. The molecule has 98 valence electrons. The van der Waals surface area contributed by atoms with E-state index in [1.165, 1.54) is 12.8 Å². The summed E-state index contributed by atoms with van der Waals surface area (Å²) in [5.41, 5.74) is 1.13. The smallest absolute Gasteiger partial charge is 0.234 e. The van der Waals surface area contributed by atoms with Crippen LogP contribution in [0.3, 0.4) is 0 Å². The summed E-state index contributed by atoms with van der Waals surface area (Å²) in [7, 11) is 0. The molecule has 0 unspecified atom stereocenters. The number of nitrogens with one attached hydrogen (secondary N) is 2. The quantitative estimate of drug-likeness (QED) is 0.789. The first kappa shape index (κ1) is 13.4. The number of rotatable bonds is 7. The molecular formula is C14H20N2OS. The number of thioether (sulfide) groups is 1. The standard InChI is InChI=1S/C14H20N2OS/c1-18-14(7-8-14)11-15-10-13(17)16-9-12-5-3-2-4-6-12/h2-6,15H,7-11H2,1H3,(H,16,17). The maximum absolute atomic E-state index is 11.6. The molecule has 0 radical (unpaired) electrons. The Kier molecular flexibility index (Phi) is 4.66. The molecule has 0 atom stereocenters. The number of benzene rings is 1. The van der Waals surface area contributed by atoms with Gasteiger partial charge in [-0.2, -0.15) is 11.8 Å². The largest absolute Gasteiger partial charge is 0.351 e. The van der Waals surface area contributed by atoms with Crippen LogP contribution in [0.4, 0.5) is 0 Å². The van der Waals surface area contributed by atoms with Crippen molar-refractivity contribution in [3.63, 3.8) is 0 Å². The number of hydrogen-bond donors (Lipinski definition) is 2. The van der Waals surface area contributed by atoms with Gasteiger partial charge in [0.2, 0.25) is 5.91 Å². The van der Waals surface area contributed by atoms with E-state index in [0.29, 0.717) is 17.8 Å². The Morgan fingerprint density at radius 1 is 1.33 bits per heavy atom. The summed E-state index contributed by atoms with van der Waals surface area (Å²) in [4.78, 5) is 11.6. The molecule has 0 saturated heterocycles. The molecule has 1 aromatic rings. The van der Waals surface area contributed by atoms with Gasteiger partial charge in [0.05, 0.1) is 6.54 Å². The summed E-state index contributed by atoms with van der Waals surface area (Å²) in [5.74, 6) is 0.0655. The highest BCUT2D eigenvalue weighted by Gasteiger charge is 2.41. The van der Waals surface area contributed by atoms with Crippen LogP contribution < -0.4 is 10.6 Å². The van der Waals surface area contributed by atoms with E-state index in [1.54, 1.807) is 0 Å². The van der Waals surface area contributed by atoms with Gasteiger partial charge in [-0.15, -0.1) is 0 Å². The Balaban J connectivity index is 1.61. The van der Waals surface area contributed by atoms with Gasteiger partial charge < -0.3 is 10.6 Å². The van der Waals surface area contributed by atoms with Gasteiger partial charge in [-0.05, 0) is 24.7 Å². The fourth-order valence-corrected chi connectivity index (χ4v) is 2.61. The molecule has 0 aromatic heterocycles. The van der Waals surface area contributed by atoms with E-state index >= 15 is 0 Å². The fourth-order valence-electron chi connectivity index (χ4n) is 1.86. The van der Waals surface area contributed by atoms with Gasteiger partial charge >= 0.3 is 0 Å². The third-order valence-corrected chi connectivity index (χ3v) is 4.72. The van der Waals surface area contributed by atoms with E-state index in [-0.39, 0.29) is 5.91 Å². The van der Waals surface area contributed by atoms with Gasteiger partial charge in [-0.3, -0.25) is 4.79 Å². The van der Waals surface area contributed by atoms with Crippen LogP contribution in [0.15, 0.2) is 30.3 Å². The zero-order valence-corrected chi connectivity index (χ0v) is 11.6. The maximum Gasteiger partial charge on any atom is 0.234 e. The summed E-state index contributed by atoms with van der Waals surface area (Å²) in [6.07, 6.45) is 4.68. The number of hydrogen-bond acceptors (Lipinski definition) is 3. The lowest BCUT2D eigenvalue weighted by atomic mass is 10.2. The van der Waals surface area contributed by atoms with E-state index < -0.39 is 0 Å². The molecule has 2 N–H and O–H groups in total. The zero-order valence-electron chi connectivity index (χ0n) is 10.7. The second kappa shape index (κ2) is 6.25. The summed E-state index contributed by atoms with van der Waals surface area (Å²) in [6.45, 7) is 1.96. The van der Waals surface area contributed by atoms with Crippen LogP contribution in [-0.4, -0.2) is 30.0 Å². The number of carbonyl (C=O) groups excluding carboxylic acids is 1. The van der Waals surface area contributed by atoms with Crippen LogP contribution in [-0.2, 0) is 11.3 Å². The van der Waals surface area contributed by atoms with Crippen molar-refractivity contribution in [2.45, 2.75) is 24.1 Å². The van der Waals surface area contributed by atoms with E-state index in [2.05, 4.69) is 16.9 Å². The van der Waals surface area contributed by atoms with Crippen molar-refractivity contribution in [1.82, 2.24) is 10.6 Å². The molecular weight excluding hydrogens is 244 g/mol. The van der Waals surface area contributed by atoms with Crippen molar-refractivity contribution in [1.29, 1.82) is 0 Å². The van der Waals surface area contributed by atoms with Crippen LogP contribution in [0, 0.1) is 0 Å². The van der Waals surface area contributed by atoms with Gasteiger partial charge in [0.1, 0.15) is 0 Å². The highest BCUT2D eigenvalue weighted by Crippen LogP contribution is 2.46. The lowest BCUT2D eigenvalue weighted by Gasteiger charge is -2.12. The summed E-state index contributed by atoms with van der Waals surface area (Å²) >= 11 is 1.91. The minimum atomic E-state index is 0.0655. The van der Waals surface area contributed by atoms with Crippen molar-refractivity contribution < 1.29 is 4.79 Å². The lowest BCUT2D eigenvalue weighted by molar-refractivity contribution is -0.120. The van der Waals surface area contributed by atoms with Gasteiger partial charge in [-0.1, -0.05) is 30.3 Å². The van der Waals surface area contributed by atoms with Crippen molar-refractivity contribution in [2.75, 3.05) is 19.3 Å². The van der Waals surface area contributed by atoms with Gasteiger partial charge in [0.15, 0.2) is 0 Å². The maximum atomic E-state index is 11.6. The Morgan fingerprint density at radius 3 is 2.67 bits per heavy atom. The highest BCUT2D eigenvalue weighted by molar-refractivity contribution is 8.00. The van der Waals surface area contributed by atoms with Crippen LogP contribution in [0.25, 0.3) is 0 Å². The molecule has 18 heavy (non-hydrogen) atoms. The highest BCUT2D eigenvalue weighted by atomic mass is 32.2. The van der Waals surface area contributed by atoms with Crippen molar-refractivity contribution >= 4 is 17.7 Å². The zero-order chi connectivity index (χ0) is 12.8. The van der Waals surface area contributed by atoms with Gasteiger partial charge in [0.25, 0.3) is 0 Å². The van der Waals surface area contributed by atoms with Crippen LogP contribution in [0.2, 0.25) is 0 Å². The van der Waals surface area contributed by atoms with E-state index in [9.17, 15) is 4.79 Å². The SMILES string of the molecule is CSC1(CNCC(=O)NCc2ccccc2)CC1. The van der Waals surface area contributed by atoms with Gasteiger partial charge in [-0.25, -0.2) is 0 Å². The topological polar surface area (TPSA) is 41.1 Å². The molecule has 2 rings (SSSR count). The molecule has 0 aliphatic heterocycles. The Bertz CT molecular complexity index is 390. The van der Waals surface area contributed by atoms with Gasteiger partial charge in [0, 0.05) is 17.8 Å². The lowest BCUT2D eigenvalue weighted by Crippen LogP contribution is -2.36. The van der Waals surface area contributed by atoms with E-state index in [4.69, 9.17) is 0 Å². The van der Waals surface area contributed by atoms with Crippen molar-refractivity contribution in [3.8, 4) is 0 Å². The monoisotopic (exact) mass is 264 g/mol. The first-order valence-electron chi connectivity index (χ1n) is 6.31. The normalized spacial score (nSPS) is 16.3. The second-order valence-electron chi connectivity index (χ2n) is 4.75. The average molecular weight is 264 g/mol. The number of amides is 1. The first-order chi connectivity index (χ1) is 8.74. The molecule has 1 saturated carbocycles. The summed E-state index contributed by atoms with van der Waals surface area (Å²) < 4.78 is 0.416. The minimum absolute atomic E-state index is 0.0655. The van der Waals surface area contributed by atoms with Crippen LogP contribution in [0.1, 0.15) is 18.4 Å². The third-order valence-electron chi connectivity index (χ3n) is 3.31. The fraction of sp³-hybridized carbons (Fsp3) is 0.500. The molecule has 0 spiro atoms. The molecule has 1 aliphatic rings.